The molecule has 0 bridgehead atoms. The fourth-order valence-corrected chi connectivity index (χ4v) is 2.57. The molecule has 2 aromatic heterocycles. The first-order chi connectivity index (χ1) is 11.5. The molecule has 0 fully saturated rings. The molecule has 2 aliphatic heterocycles. The molecule has 2 amide bonds. The molecule has 0 atom stereocenters. The molecule has 0 radical (unpaired) electrons. The number of pyridine rings is 2. The van der Waals surface area contributed by atoms with Gasteiger partial charge in [-0.25, -0.2) is 9.97 Å². The second kappa shape index (κ2) is 5.05. The van der Waals surface area contributed by atoms with E-state index >= 15 is 0 Å². The van der Waals surface area contributed by atoms with Gasteiger partial charge in [0.1, 0.15) is 11.6 Å². The number of hydrogen-bond donors (Lipinski definition) is 2. The molecule has 2 N–H and O–H groups in total. The van der Waals surface area contributed by atoms with E-state index < -0.39 is 11.8 Å². The van der Waals surface area contributed by atoms with E-state index in [0.717, 1.165) is 11.3 Å². The van der Waals surface area contributed by atoms with E-state index in [1.807, 2.05) is 13.8 Å². The van der Waals surface area contributed by atoms with Gasteiger partial charge in [0.05, 0.1) is 11.1 Å². The minimum Gasteiger partial charge on any atom is -0.305 e. The molecule has 118 valence electrons. The summed E-state index contributed by atoms with van der Waals surface area (Å²) in [6, 6.07) is 5.34. The van der Waals surface area contributed by atoms with Gasteiger partial charge in [-0.05, 0) is 37.6 Å². The Morgan fingerprint density at radius 3 is 2.33 bits per heavy atom. The highest BCUT2D eigenvalue weighted by atomic mass is 16.2. The Kier molecular flexibility index (Phi) is 2.99. The smallest absolute Gasteiger partial charge is 0.278 e. The van der Waals surface area contributed by atoms with E-state index in [1.165, 1.54) is 0 Å². The van der Waals surface area contributed by atoms with Gasteiger partial charge in [-0.3, -0.25) is 9.59 Å². The van der Waals surface area contributed by atoms with Crippen LogP contribution >= 0.6 is 0 Å². The Morgan fingerprint density at radius 2 is 1.58 bits per heavy atom. The molecule has 4 heterocycles. The lowest BCUT2D eigenvalue weighted by atomic mass is 10.1. The van der Waals surface area contributed by atoms with Gasteiger partial charge in [-0.15, -0.1) is 10.2 Å². The summed E-state index contributed by atoms with van der Waals surface area (Å²) < 4.78 is 0. The molecule has 2 aromatic rings. The van der Waals surface area contributed by atoms with Gasteiger partial charge in [0.25, 0.3) is 11.8 Å². The normalized spacial score (nSPS) is 18.6. The Morgan fingerprint density at radius 1 is 0.917 bits per heavy atom. The van der Waals surface area contributed by atoms with Crippen LogP contribution in [0.3, 0.4) is 0 Å². The Labute approximate surface area is 136 Å². The number of fused-ring (bicyclic) bond motifs is 2. The second-order valence-corrected chi connectivity index (χ2v) is 5.56. The fourth-order valence-electron chi connectivity index (χ4n) is 2.57. The van der Waals surface area contributed by atoms with Crippen molar-refractivity contribution < 1.29 is 9.59 Å². The fraction of sp³-hybridized carbons (Fsp3) is 0.125. The lowest BCUT2D eigenvalue weighted by Gasteiger charge is -1.98. The number of anilines is 2. The Bertz CT molecular complexity index is 977. The topological polar surface area (TPSA) is 109 Å². The Balaban J connectivity index is 1.79. The minimum absolute atomic E-state index is 0.131. The molecule has 2 aliphatic rings. The Hall–Kier alpha value is -3.42. The van der Waals surface area contributed by atoms with Crippen molar-refractivity contribution in [1.29, 1.82) is 0 Å². The summed E-state index contributed by atoms with van der Waals surface area (Å²) in [4.78, 5) is 32.5. The first-order valence-corrected chi connectivity index (χ1v) is 7.26. The molecular formula is C16H12N6O2. The monoisotopic (exact) mass is 320 g/mol. The summed E-state index contributed by atoms with van der Waals surface area (Å²) >= 11 is 0. The molecule has 8 nitrogen and oxygen atoms in total. The molecule has 0 aromatic carbocycles. The molecule has 0 saturated carbocycles. The van der Waals surface area contributed by atoms with Crippen LogP contribution < -0.4 is 10.6 Å². The SMILES string of the molecule is Cc1cnc2c(c1)/C(=N/N=C1\C(=O)Nc3nc(C)ccc31)C(=O)N2. The second-order valence-electron chi connectivity index (χ2n) is 5.56. The van der Waals surface area contributed by atoms with Crippen molar-refractivity contribution in [2.75, 3.05) is 10.6 Å². The van der Waals surface area contributed by atoms with Crippen molar-refractivity contribution in [2.24, 2.45) is 10.2 Å². The standard InChI is InChI=1S/C16H12N6O2/c1-7-5-10-12(16(24)19-13(10)17-6-7)22-21-11-9-4-3-8(2)18-14(9)20-15(11)23/h3-6H,1-2H3,(H,17,19,22,24)(H,18,20,21,23). The molecule has 0 spiro atoms. The highest BCUT2D eigenvalue weighted by molar-refractivity contribution is 6.55. The van der Waals surface area contributed by atoms with Crippen LogP contribution in [-0.2, 0) is 9.59 Å². The van der Waals surface area contributed by atoms with Crippen molar-refractivity contribution in [2.45, 2.75) is 13.8 Å². The van der Waals surface area contributed by atoms with Gasteiger partial charge < -0.3 is 10.6 Å². The zero-order chi connectivity index (χ0) is 16.8. The third-order valence-electron chi connectivity index (χ3n) is 3.71. The first kappa shape index (κ1) is 14.2. The third kappa shape index (κ3) is 2.16. The van der Waals surface area contributed by atoms with Gasteiger partial charge >= 0.3 is 0 Å². The number of rotatable bonds is 1. The molecule has 8 heteroatoms. The molecule has 0 saturated heterocycles. The van der Waals surface area contributed by atoms with E-state index in [-0.39, 0.29) is 11.4 Å². The van der Waals surface area contributed by atoms with Crippen LogP contribution in [0.25, 0.3) is 0 Å². The summed E-state index contributed by atoms with van der Waals surface area (Å²) in [7, 11) is 0. The predicted octanol–water partition coefficient (Wildman–Crippen LogP) is 1.19. The summed E-state index contributed by atoms with van der Waals surface area (Å²) in [5.41, 5.74) is 3.09. The van der Waals surface area contributed by atoms with Gasteiger partial charge in [0.15, 0.2) is 11.4 Å². The maximum absolute atomic E-state index is 12.1. The predicted molar refractivity (Wildman–Crippen MR) is 88.3 cm³/mol. The van der Waals surface area contributed by atoms with Crippen LogP contribution in [0, 0.1) is 13.8 Å². The largest absolute Gasteiger partial charge is 0.305 e. The number of aromatic nitrogens is 2. The third-order valence-corrected chi connectivity index (χ3v) is 3.71. The minimum atomic E-state index is -0.395. The lowest BCUT2D eigenvalue weighted by Crippen LogP contribution is -2.16. The van der Waals surface area contributed by atoms with Crippen LogP contribution in [0.2, 0.25) is 0 Å². The lowest BCUT2D eigenvalue weighted by molar-refractivity contribution is -0.111. The van der Waals surface area contributed by atoms with E-state index in [4.69, 9.17) is 0 Å². The maximum Gasteiger partial charge on any atom is 0.278 e. The first-order valence-electron chi connectivity index (χ1n) is 7.26. The number of nitrogens with one attached hydrogen (secondary N) is 2. The van der Waals surface area contributed by atoms with E-state index in [9.17, 15) is 9.59 Å². The van der Waals surface area contributed by atoms with E-state index in [2.05, 4.69) is 30.8 Å². The van der Waals surface area contributed by atoms with Crippen LogP contribution in [-0.4, -0.2) is 33.2 Å². The summed E-state index contributed by atoms with van der Waals surface area (Å²) in [6.07, 6.45) is 1.66. The van der Waals surface area contributed by atoms with Crippen molar-refractivity contribution in [3.63, 3.8) is 0 Å². The number of nitrogens with zero attached hydrogens (tertiary/aromatic N) is 4. The van der Waals surface area contributed by atoms with Crippen LogP contribution in [0.4, 0.5) is 11.6 Å². The molecule has 4 rings (SSSR count). The quantitative estimate of drug-likeness (QED) is 0.769. The number of carbonyl (C=O) groups is 2. The maximum atomic E-state index is 12.1. The van der Waals surface area contributed by atoms with Gasteiger partial charge in [-0.1, -0.05) is 0 Å². The van der Waals surface area contributed by atoms with Gasteiger partial charge in [-0.2, -0.15) is 0 Å². The van der Waals surface area contributed by atoms with Crippen LogP contribution in [0.5, 0.6) is 0 Å². The highest BCUT2D eigenvalue weighted by Crippen LogP contribution is 2.24. The summed E-state index contributed by atoms with van der Waals surface area (Å²) in [6.45, 7) is 3.70. The summed E-state index contributed by atoms with van der Waals surface area (Å²) in [5, 5.41) is 13.3. The number of hydrogen-bond acceptors (Lipinski definition) is 6. The number of carbonyl (C=O) groups excluding carboxylic acids is 2. The molecular weight excluding hydrogens is 308 g/mol. The number of aryl methyl sites for hydroxylation is 2. The number of amides is 2. The molecule has 0 aliphatic carbocycles. The van der Waals surface area contributed by atoms with Gasteiger partial charge in [0, 0.05) is 11.9 Å². The van der Waals surface area contributed by atoms with E-state index in [0.29, 0.717) is 22.8 Å². The zero-order valence-corrected chi connectivity index (χ0v) is 12.9. The van der Waals surface area contributed by atoms with Crippen molar-refractivity contribution in [3.05, 3.63) is 46.8 Å². The zero-order valence-electron chi connectivity index (χ0n) is 12.9. The van der Waals surface area contributed by atoms with Crippen LogP contribution in [0.15, 0.2) is 34.6 Å². The van der Waals surface area contributed by atoms with Crippen molar-refractivity contribution in [1.82, 2.24) is 9.97 Å². The molecule has 24 heavy (non-hydrogen) atoms. The van der Waals surface area contributed by atoms with Gasteiger partial charge in [0.2, 0.25) is 0 Å². The molecule has 0 unspecified atom stereocenters. The van der Waals surface area contributed by atoms with Crippen molar-refractivity contribution in [3.8, 4) is 0 Å². The van der Waals surface area contributed by atoms with Crippen LogP contribution in [0.1, 0.15) is 22.4 Å². The highest BCUT2D eigenvalue weighted by Gasteiger charge is 2.30. The van der Waals surface area contributed by atoms with Crippen molar-refractivity contribution >= 4 is 34.9 Å². The summed E-state index contributed by atoms with van der Waals surface area (Å²) in [5.74, 6) is 0.104. The average molecular weight is 320 g/mol. The van der Waals surface area contributed by atoms with E-state index in [1.54, 1.807) is 24.4 Å². The average Bonchev–Trinajstić information content (AvgIpc) is 3.00.